The third-order valence-corrected chi connectivity index (χ3v) is 4.51. The van der Waals surface area contributed by atoms with Crippen LogP contribution in [0, 0.1) is 18.3 Å². The first kappa shape index (κ1) is 17.1. The maximum atomic E-state index is 12.7. The van der Waals surface area contributed by atoms with E-state index in [4.69, 9.17) is 14.4 Å². The van der Waals surface area contributed by atoms with Gasteiger partial charge in [0.2, 0.25) is 0 Å². The fourth-order valence-corrected chi connectivity index (χ4v) is 3.18. The first-order valence-corrected chi connectivity index (χ1v) is 8.29. The van der Waals surface area contributed by atoms with Crippen LogP contribution in [0.15, 0.2) is 34.7 Å². The summed E-state index contributed by atoms with van der Waals surface area (Å²) in [7, 11) is 1.62. The Bertz CT molecular complexity index is 806. The van der Waals surface area contributed by atoms with Crippen molar-refractivity contribution in [3.63, 3.8) is 0 Å². The number of nitriles is 1. The van der Waals surface area contributed by atoms with Crippen molar-refractivity contribution in [2.24, 2.45) is 0 Å². The molecule has 0 unspecified atom stereocenters. The molecule has 0 aliphatic carbocycles. The fourth-order valence-electron chi connectivity index (χ4n) is 3.18. The molecule has 2 amide bonds. The number of amides is 2. The average Bonchev–Trinajstić information content (AvgIpc) is 3.26. The van der Waals surface area contributed by atoms with E-state index in [1.165, 1.54) is 0 Å². The van der Waals surface area contributed by atoms with E-state index in [9.17, 15) is 4.79 Å². The molecular formula is C19H21N3O3. The molecule has 2 aromatic rings. The lowest BCUT2D eigenvalue weighted by molar-refractivity contribution is 0.157. The molecule has 1 aromatic carbocycles. The van der Waals surface area contributed by atoms with Gasteiger partial charge in [-0.05, 0) is 49.6 Å². The number of rotatable bonds is 4. The Morgan fingerprint density at radius 1 is 1.44 bits per heavy atom. The van der Waals surface area contributed by atoms with Crippen molar-refractivity contribution in [1.82, 2.24) is 4.90 Å². The zero-order valence-corrected chi connectivity index (χ0v) is 14.4. The van der Waals surface area contributed by atoms with Crippen molar-refractivity contribution in [1.29, 1.82) is 5.26 Å². The molecule has 1 fully saturated rings. The topological polar surface area (TPSA) is 78.5 Å². The minimum absolute atomic E-state index is 0.0786. The minimum atomic E-state index is -0.176. The van der Waals surface area contributed by atoms with Gasteiger partial charge in [0, 0.05) is 19.3 Å². The highest BCUT2D eigenvalue weighted by Gasteiger charge is 2.32. The van der Waals surface area contributed by atoms with Crippen molar-refractivity contribution >= 4 is 11.7 Å². The molecule has 1 N–H and O–H groups in total. The summed E-state index contributed by atoms with van der Waals surface area (Å²) in [4.78, 5) is 14.5. The molecule has 6 nitrogen and oxygen atoms in total. The van der Waals surface area contributed by atoms with E-state index in [1.807, 2.05) is 25.1 Å². The molecule has 0 saturated carbocycles. The molecule has 1 aliphatic heterocycles. The number of benzene rings is 1. The van der Waals surface area contributed by atoms with Gasteiger partial charge < -0.3 is 19.4 Å². The van der Waals surface area contributed by atoms with E-state index in [0.717, 1.165) is 29.9 Å². The monoisotopic (exact) mass is 339 g/mol. The number of methoxy groups -OCH3 is 1. The number of nitrogens with zero attached hydrogens (tertiary/aromatic N) is 2. The van der Waals surface area contributed by atoms with Crippen molar-refractivity contribution in [3.05, 3.63) is 53.0 Å². The maximum Gasteiger partial charge on any atom is 0.322 e. The molecule has 1 aromatic heterocycles. The molecule has 1 aliphatic rings. The summed E-state index contributed by atoms with van der Waals surface area (Å²) < 4.78 is 10.9. The van der Waals surface area contributed by atoms with E-state index < -0.39 is 0 Å². The predicted molar refractivity (Wildman–Crippen MR) is 93.0 cm³/mol. The molecule has 25 heavy (non-hydrogen) atoms. The van der Waals surface area contributed by atoms with Gasteiger partial charge in [-0.25, -0.2) is 4.79 Å². The predicted octanol–water partition coefficient (Wildman–Crippen LogP) is 3.98. The van der Waals surface area contributed by atoms with Gasteiger partial charge in [0.05, 0.1) is 17.7 Å². The first-order chi connectivity index (χ1) is 12.1. The Hall–Kier alpha value is -2.78. The Morgan fingerprint density at radius 3 is 3.04 bits per heavy atom. The number of anilines is 1. The molecule has 130 valence electrons. The van der Waals surface area contributed by atoms with E-state index in [1.54, 1.807) is 24.1 Å². The lowest BCUT2D eigenvalue weighted by atomic mass is 10.1. The number of urea groups is 1. The Labute approximate surface area is 147 Å². The molecule has 2 heterocycles. The van der Waals surface area contributed by atoms with Gasteiger partial charge in [0.1, 0.15) is 18.1 Å². The number of likely N-dealkylation sites (tertiary alicyclic amines) is 1. The molecule has 0 bridgehead atoms. The Morgan fingerprint density at radius 2 is 2.28 bits per heavy atom. The average molecular weight is 339 g/mol. The van der Waals surface area contributed by atoms with Gasteiger partial charge in [0.25, 0.3) is 0 Å². The number of carbonyl (C=O) groups is 1. The van der Waals surface area contributed by atoms with Crippen LogP contribution in [-0.2, 0) is 11.3 Å². The minimum Gasteiger partial charge on any atom is -0.461 e. The highest BCUT2D eigenvalue weighted by Crippen LogP contribution is 2.34. The highest BCUT2D eigenvalue weighted by atomic mass is 16.5. The van der Waals surface area contributed by atoms with E-state index in [0.29, 0.717) is 24.4 Å². The summed E-state index contributed by atoms with van der Waals surface area (Å²) in [6, 6.07) is 11.0. The van der Waals surface area contributed by atoms with Crippen LogP contribution in [0.5, 0.6) is 0 Å². The van der Waals surface area contributed by atoms with Gasteiger partial charge in [-0.15, -0.1) is 0 Å². The molecule has 1 saturated heterocycles. The van der Waals surface area contributed by atoms with Gasteiger partial charge >= 0.3 is 6.03 Å². The summed E-state index contributed by atoms with van der Waals surface area (Å²) in [5.41, 5.74) is 2.00. The number of ether oxygens (including phenoxy) is 1. The second-order valence-corrected chi connectivity index (χ2v) is 6.11. The number of hydrogen-bond acceptors (Lipinski definition) is 4. The zero-order chi connectivity index (χ0) is 17.8. The lowest BCUT2D eigenvalue weighted by Crippen LogP contribution is -2.34. The van der Waals surface area contributed by atoms with Crippen molar-refractivity contribution < 1.29 is 13.9 Å². The van der Waals surface area contributed by atoms with Gasteiger partial charge in [-0.1, -0.05) is 6.07 Å². The van der Waals surface area contributed by atoms with Crippen LogP contribution in [-0.4, -0.2) is 24.6 Å². The SMILES string of the molecule is COCc1ccc([C@@H]2CCCN2C(=O)Nc2cccc(C#N)c2C)o1. The first-order valence-electron chi connectivity index (χ1n) is 8.29. The molecule has 1 atom stereocenters. The number of furan rings is 1. The summed E-state index contributed by atoms with van der Waals surface area (Å²) in [5.74, 6) is 1.53. The maximum absolute atomic E-state index is 12.7. The summed E-state index contributed by atoms with van der Waals surface area (Å²) in [6.45, 7) is 2.92. The Balaban J connectivity index is 1.76. The summed E-state index contributed by atoms with van der Waals surface area (Å²) >= 11 is 0. The van der Waals surface area contributed by atoms with Gasteiger partial charge in [0.15, 0.2) is 0 Å². The molecule has 0 radical (unpaired) electrons. The summed E-state index contributed by atoms with van der Waals surface area (Å²) in [5, 5.41) is 12.1. The van der Waals surface area contributed by atoms with Crippen LogP contribution >= 0.6 is 0 Å². The molecule has 3 rings (SSSR count). The lowest BCUT2D eigenvalue weighted by Gasteiger charge is -2.24. The molecule has 6 heteroatoms. The number of nitrogens with one attached hydrogen (secondary N) is 1. The smallest absolute Gasteiger partial charge is 0.322 e. The van der Waals surface area contributed by atoms with Crippen molar-refractivity contribution in [2.75, 3.05) is 19.0 Å². The Kier molecular flexibility index (Phi) is 5.05. The van der Waals surface area contributed by atoms with Crippen LogP contribution in [0.25, 0.3) is 0 Å². The van der Waals surface area contributed by atoms with Gasteiger partial charge in [-0.3, -0.25) is 0 Å². The van der Waals surface area contributed by atoms with E-state index in [-0.39, 0.29) is 12.1 Å². The van der Waals surface area contributed by atoms with E-state index >= 15 is 0 Å². The summed E-state index contributed by atoms with van der Waals surface area (Å²) in [6.07, 6.45) is 1.79. The quantitative estimate of drug-likeness (QED) is 0.914. The van der Waals surface area contributed by atoms with Crippen LogP contribution in [0.3, 0.4) is 0 Å². The normalized spacial score (nSPS) is 16.7. The molecule has 0 spiro atoms. The van der Waals surface area contributed by atoms with Crippen molar-refractivity contribution in [3.8, 4) is 6.07 Å². The number of carbonyl (C=O) groups excluding carboxylic acids is 1. The molecular weight excluding hydrogens is 318 g/mol. The van der Waals surface area contributed by atoms with E-state index in [2.05, 4.69) is 11.4 Å². The van der Waals surface area contributed by atoms with Crippen molar-refractivity contribution in [2.45, 2.75) is 32.4 Å². The third kappa shape index (κ3) is 3.52. The fraction of sp³-hybridized carbons (Fsp3) is 0.368. The number of hydrogen-bond donors (Lipinski definition) is 1. The van der Waals surface area contributed by atoms with Gasteiger partial charge in [-0.2, -0.15) is 5.26 Å². The van der Waals surface area contributed by atoms with Crippen LogP contribution < -0.4 is 5.32 Å². The van der Waals surface area contributed by atoms with Crippen LogP contribution in [0.2, 0.25) is 0 Å². The standard InChI is InChI=1S/C19H21N3O3/c1-13-14(11-20)5-3-6-16(13)21-19(23)22-10-4-7-17(22)18-9-8-15(25-18)12-24-2/h3,5-6,8-9,17H,4,7,10,12H2,1-2H3,(H,21,23)/t17-/m0/s1. The third-order valence-electron chi connectivity index (χ3n) is 4.51. The highest BCUT2D eigenvalue weighted by molar-refractivity contribution is 5.91. The second kappa shape index (κ2) is 7.41. The van der Waals surface area contributed by atoms with Crippen LogP contribution in [0.4, 0.5) is 10.5 Å². The zero-order valence-electron chi connectivity index (χ0n) is 14.4. The largest absolute Gasteiger partial charge is 0.461 e. The van der Waals surface area contributed by atoms with Crippen LogP contribution in [0.1, 0.15) is 41.5 Å². The second-order valence-electron chi connectivity index (χ2n) is 6.11.